The number of rotatable bonds is 22. The quantitative estimate of drug-likeness (QED) is 0.0834. The molecule has 0 aliphatic carbocycles. The Morgan fingerprint density at radius 1 is 0.588 bits per heavy atom. The summed E-state index contributed by atoms with van der Waals surface area (Å²) >= 11 is -6.42. The van der Waals surface area contributed by atoms with Crippen LogP contribution in [0.1, 0.15) is 151 Å². The Morgan fingerprint density at radius 3 is 1.44 bits per heavy atom. The van der Waals surface area contributed by atoms with Gasteiger partial charge in [0.15, 0.2) is 0 Å². The van der Waals surface area contributed by atoms with E-state index in [1.54, 1.807) is 0 Å². The molecule has 0 radical (unpaired) electrons. The summed E-state index contributed by atoms with van der Waals surface area (Å²) in [5.74, 6) is 0. The van der Waals surface area contributed by atoms with Crippen molar-refractivity contribution >= 4 is 30.1 Å². The van der Waals surface area contributed by atoms with Crippen molar-refractivity contribution < 1.29 is 9.22 Å². The first kappa shape index (κ1) is 33.5. The van der Waals surface area contributed by atoms with Gasteiger partial charge in [-0.1, -0.05) is 0 Å². The molecule has 1 rings (SSSR count). The van der Waals surface area contributed by atoms with Crippen LogP contribution in [0.25, 0.3) is 0 Å². The van der Waals surface area contributed by atoms with Crippen molar-refractivity contribution in [1.29, 1.82) is 0 Å². The summed E-state index contributed by atoms with van der Waals surface area (Å²) in [6.07, 6.45) is 21.6. The van der Waals surface area contributed by atoms with Crippen LogP contribution in [-0.2, 0) is 9.22 Å². The van der Waals surface area contributed by atoms with Gasteiger partial charge in [0.05, 0.1) is 0 Å². The zero-order chi connectivity index (χ0) is 25.2. The van der Waals surface area contributed by atoms with Crippen LogP contribution in [0.4, 0.5) is 0 Å². The van der Waals surface area contributed by atoms with Crippen LogP contribution in [0, 0.1) is 0 Å². The molecule has 0 aromatic carbocycles. The Bertz CT molecular complexity index is 458. The van der Waals surface area contributed by atoms with Crippen LogP contribution >= 0.6 is 0 Å². The molecule has 204 valence electrons. The molecule has 1 saturated heterocycles. The molecule has 3 nitrogen and oxygen atoms in total. The topological polar surface area (TPSA) is 27.7 Å². The fraction of sp³-hybridized carbons (Fsp3) is 1.00. The molecular weight excluding hydrogens is 634 g/mol. The molecule has 0 amide bonds. The molecule has 0 unspecified atom stereocenters. The number of unbranched alkanes of at least 4 members (excludes halogenated alkanes) is 8. The summed E-state index contributed by atoms with van der Waals surface area (Å²) in [7, 11) is 0. The fourth-order valence-electron chi connectivity index (χ4n) is 5.80. The molecule has 1 aliphatic heterocycles. The molecule has 5 heteroatoms. The summed E-state index contributed by atoms with van der Waals surface area (Å²) in [5, 5.41) is 0. The summed E-state index contributed by atoms with van der Waals surface area (Å²) in [6.45, 7) is 15.9. The van der Waals surface area contributed by atoms with Gasteiger partial charge in [-0.25, -0.2) is 0 Å². The Balaban J connectivity index is 3.38. The van der Waals surface area contributed by atoms with Crippen molar-refractivity contribution in [3.63, 3.8) is 0 Å². The van der Waals surface area contributed by atoms with Crippen LogP contribution in [0.5, 0.6) is 0 Å². The van der Waals surface area contributed by atoms with E-state index in [0.29, 0.717) is 0 Å². The molecular formula is C29H62O3Sn2. The third-order valence-corrected chi connectivity index (χ3v) is 75.8. The van der Waals surface area contributed by atoms with E-state index in [4.69, 9.17) is 9.22 Å². The van der Waals surface area contributed by atoms with Gasteiger partial charge in [-0.3, -0.25) is 0 Å². The average Bonchev–Trinajstić information content (AvgIpc) is 2.86. The van der Waals surface area contributed by atoms with Crippen molar-refractivity contribution in [3.8, 4) is 0 Å². The van der Waals surface area contributed by atoms with Gasteiger partial charge in [-0.2, -0.15) is 0 Å². The zero-order valence-corrected chi connectivity index (χ0v) is 30.0. The van der Waals surface area contributed by atoms with Gasteiger partial charge in [0.1, 0.15) is 0 Å². The van der Waals surface area contributed by atoms with E-state index in [1.807, 2.05) is 0 Å². The molecule has 0 bridgehead atoms. The summed E-state index contributed by atoms with van der Waals surface area (Å²) < 4.78 is 26.3. The van der Waals surface area contributed by atoms with Gasteiger partial charge in [0.2, 0.25) is 0 Å². The van der Waals surface area contributed by atoms with E-state index in [2.05, 4.69) is 41.5 Å². The first-order valence-corrected chi connectivity index (χ1v) is 36.1. The SMILES string of the molecule is CCCCC[O][Sn]1([O]CCCCC)[CH2]CC(CCCC)(CCCC)[O][Sn]1([CH2]CCC)[CH2]CCC. The molecule has 0 N–H and O–H groups in total. The first-order chi connectivity index (χ1) is 16.5. The fourth-order valence-corrected chi connectivity index (χ4v) is 80.6. The number of hydrogen-bond donors (Lipinski definition) is 0. The zero-order valence-electron chi connectivity index (χ0n) is 24.3. The predicted molar refractivity (Wildman–Crippen MR) is 154 cm³/mol. The van der Waals surface area contributed by atoms with Gasteiger partial charge in [0, 0.05) is 0 Å². The van der Waals surface area contributed by atoms with E-state index in [0.717, 1.165) is 13.2 Å². The second kappa shape index (κ2) is 19.5. The second-order valence-corrected chi connectivity index (χ2v) is 59.6. The summed E-state index contributed by atoms with van der Waals surface area (Å²) in [6, 6.07) is 0. The van der Waals surface area contributed by atoms with E-state index in [-0.39, 0.29) is 5.60 Å². The summed E-state index contributed by atoms with van der Waals surface area (Å²) in [4.78, 5) is 0. The van der Waals surface area contributed by atoms with Gasteiger partial charge < -0.3 is 0 Å². The van der Waals surface area contributed by atoms with Crippen LogP contribution in [0.15, 0.2) is 0 Å². The molecule has 1 fully saturated rings. The van der Waals surface area contributed by atoms with Gasteiger partial charge in [-0.15, -0.1) is 0 Å². The second-order valence-electron chi connectivity index (χ2n) is 11.1. The molecule has 1 heterocycles. The van der Waals surface area contributed by atoms with Gasteiger partial charge in [-0.05, 0) is 0 Å². The number of hydrogen-bond acceptors (Lipinski definition) is 3. The standard InChI is InChI=1S/C11H22O.2C5H11O.2C4H9.2Sn/c1-4-7-9-11(12,6-3)10-8-5-2;2*1-2-3-4-5-6;2*1-3-4-2;;/h3-10H2,1-2H3;2*2-5H2,1H3;2*1,3-4H2,2H3;;/q3*-1;;;+1;+2. The average molecular weight is 696 g/mol. The van der Waals surface area contributed by atoms with Crippen LogP contribution in [0.3, 0.4) is 0 Å². The third-order valence-electron chi connectivity index (χ3n) is 8.02. The minimum absolute atomic E-state index is 0.142. The van der Waals surface area contributed by atoms with Crippen LogP contribution in [-0.4, -0.2) is 48.9 Å². The predicted octanol–water partition coefficient (Wildman–Crippen LogP) is 10.0. The maximum absolute atomic E-state index is 7.85. The van der Waals surface area contributed by atoms with E-state index in [9.17, 15) is 0 Å². The third kappa shape index (κ3) is 10.7. The van der Waals surface area contributed by atoms with Crippen LogP contribution < -0.4 is 0 Å². The van der Waals surface area contributed by atoms with Crippen molar-refractivity contribution in [1.82, 2.24) is 0 Å². The van der Waals surface area contributed by atoms with Gasteiger partial charge >= 0.3 is 222 Å². The van der Waals surface area contributed by atoms with E-state index >= 15 is 0 Å². The molecule has 0 atom stereocenters. The van der Waals surface area contributed by atoms with Gasteiger partial charge in [0.25, 0.3) is 0 Å². The molecule has 0 aromatic rings. The minimum atomic E-state index is -3.31. The molecule has 0 aromatic heterocycles. The molecule has 0 spiro atoms. The molecule has 0 saturated carbocycles. The summed E-state index contributed by atoms with van der Waals surface area (Å²) in [5.41, 5.74) is 0.142. The van der Waals surface area contributed by atoms with Crippen molar-refractivity contribution in [3.05, 3.63) is 0 Å². The van der Waals surface area contributed by atoms with Crippen LogP contribution in [0.2, 0.25) is 13.3 Å². The Kier molecular flexibility index (Phi) is 19.2. The van der Waals surface area contributed by atoms with E-state index < -0.39 is 30.1 Å². The Morgan fingerprint density at radius 2 is 1.03 bits per heavy atom. The van der Waals surface area contributed by atoms with Crippen molar-refractivity contribution in [2.24, 2.45) is 0 Å². The molecule has 34 heavy (non-hydrogen) atoms. The Hall–Kier alpha value is 1.48. The molecule has 1 aliphatic rings. The van der Waals surface area contributed by atoms with Crippen molar-refractivity contribution in [2.45, 2.75) is 170 Å². The monoisotopic (exact) mass is 698 g/mol. The van der Waals surface area contributed by atoms with Crippen molar-refractivity contribution in [2.75, 3.05) is 13.2 Å². The Labute approximate surface area is 220 Å². The first-order valence-electron chi connectivity index (χ1n) is 15.5. The normalized spacial score (nSPS) is 18.9. The maximum atomic E-state index is 7.85. The van der Waals surface area contributed by atoms with E-state index in [1.165, 1.54) is 122 Å².